The Kier molecular flexibility index (Phi) is 5.56. The van der Waals surface area contributed by atoms with Crippen LogP contribution in [0.4, 0.5) is 15.8 Å². The van der Waals surface area contributed by atoms with Gasteiger partial charge in [0.15, 0.2) is 5.96 Å². The highest BCUT2D eigenvalue weighted by atomic mass is 19.1. The van der Waals surface area contributed by atoms with Gasteiger partial charge in [0.1, 0.15) is 23.5 Å². The molecule has 0 radical (unpaired) electrons. The van der Waals surface area contributed by atoms with Crippen LogP contribution in [0.2, 0.25) is 0 Å². The molecule has 0 saturated heterocycles. The van der Waals surface area contributed by atoms with Crippen LogP contribution in [-0.2, 0) is 5.54 Å². The zero-order valence-electron chi connectivity index (χ0n) is 18.2. The number of nitrogens with one attached hydrogen (secondary N) is 1. The van der Waals surface area contributed by atoms with E-state index >= 15 is 4.39 Å². The molecule has 0 saturated carbocycles. The second kappa shape index (κ2) is 7.68. The minimum absolute atomic E-state index is 0.152. The molecule has 0 aromatic heterocycles. The molecule has 4 N–H and O–H groups in total. The molecule has 0 fully saturated rings. The van der Waals surface area contributed by atoms with Gasteiger partial charge in [-0.1, -0.05) is 13.8 Å². The molecule has 2 aromatic rings. The number of hydrogen-bond donors (Lipinski definition) is 3. The topological polar surface area (TPSA) is 92.3 Å². The van der Waals surface area contributed by atoms with Gasteiger partial charge < -0.3 is 30.5 Å². The van der Waals surface area contributed by atoms with Gasteiger partial charge in [0.2, 0.25) is 0 Å². The van der Waals surface area contributed by atoms with E-state index in [0.717, 1.165) is 0 Å². The van der Waals surface area contributed by atoms with Gasteiger partial charge in [-0.2, -0.15) is 0 Å². The highest BCUT2D eigenvalue weighted by Crippen LogP contribution is 2.49. The van der Waals surface area contributed by atoms with Crippen LogP contribution in [0.15, 0.2) is 41.4 Å². The number of anilines is 2. The SMILES string of the molecule is COc1ccc(Nc2ccc(F)c(C3(C)N=C(N)N(C)[C@@H](O)C3(C)C)c2)c(OC)c1. The lowest BCUT2D eigenvalue weighted by Gasteiger charge is -2.51. The van der Waals surface area contributed by atoms with Crippen LogP contribution in [0, 0.1) is 11.2 Å². The Labute approximate surface area is 176 Å². The Hall–Kier alpha value is -3.00. The van der Waals surface area contributed by atoms with Gasteiger partial charge in [-0.3, -0.25) is 0 Å². The van der Waals surface area contributed by atoms with Crippen LogP contribution in [0.1, 0.15) is 26.3 Å². The van der Waals surface area contributed by atoms with E-state index in [0.29, 0.717) is 28.4 Å². The molecule has 0 spiro atoms. The molecule has 2 atom stereocenters. The van der Waals surface area contributed by atoms with Crippen molar-refractivity contribution in [3.63, 3.8) is 0 Å². The lowest BCUT2D eigenvalue weighted by Crippen LogP contribution is -2.61. The number of aliphatic hydroxyl groups is 1. The van der Waals surface area contributed by atoms with Crippen molar-refractivity contribution in [2.24, 2.45) is 16.1 Å². The largest absolute Gasteiger partial charge is 0.497 e. The van der Waals surface area contributed by atoms with E-state index in [1.165, 1.54) is 11.0 Å². The van der Waals surface area contributed by atoms with Crippen LogP contribution in [-0.4, -0.2) is 43.5 Å². The number of methoxy groups -OCH3 is 2. The zero-order valence-corrected chi connectivity index (χ0v) is 18.2. The number of halogens is 1. The lowest BCUT2D eigenvalue weighted by molar-refractivity contribution is -0.0836. The molecule has 0 bridgehead atoms. The molecule has 1 unspecified atom stereocenters. The fraction of sp³-hybridized carbons (Fsp3) is 0.409. The maximum atomic E-state index is 15.0. The summed E-state index contributed by atoms with van der Waals surface area (Å²) in [6, 6.07) is 10.1. The summed E-state index contributed by atoms with van der Waals surface area (Å²) in [7, 11) is 4.81. The van der Waals surface area contributed by atoms with Crippen molar-refractivity contribution in [2.75, 3.05) is 26.6 Å². The maximum Gasteiger partial charge on any atom is 0.193 e. The molecule has 8 heteroatoms. The van der Waals surface area contributed by atoms with Gasteiger partial charge in [-0.25, -0.2) is 9.38 Å². The predicted molar refractivity (Wildman–Crippen MR) is 116 cm³/mol. The third-order valence-electron chi connectivity index (χ3n) is 6.15. The third-order valence-corrected chi connectivity index (χ3v) is 6.15. The molecule has 1 heterocycles. The lowest BCUT2D eigenvalue weighted by atomic mass is 9.67. The second-order valence-corrected chi connectivity index (χ2v) is 8.13. The summed E-state index contributed by atoms with van der Waals surface area (Å²) in [5.74, 6) is 0.977. The molecule has 162 valence electrons. The molecular weight excluding hydrogens is 387 g/mol. The molecule has 0 amide bonds. The van der Waals surface area contributed by atoms with Gasteiger partial charge in [-0.05, 0) is 37.3 Å². The monoisotopic (exact) mass is 416 g/mol. The van der Waals surface area contributed by atoms with Gasteiger partial charge in [0.25, 0.3) is 0 Å². The van der Waals surface area contributed by atoms with E-state index in [-0.39, 0.29) is 5.96 Å². The number of aliphatic hydroxyl groups excluding tert-OH is 1. The number of hydrogen-bond acceptors (Lipinski definition) is 7. The van der Waals surface area contributed by atoms with Crippen molar-refractivity contribution in [3.05, 3.63) is 47.8 Å². The molecule has 0 aliphatic carbocycles. The normalized spacial score (nSPS) is 23.0. The summed E-state index contributed by atoms with van der Waals surface area (Å²) in [4.78, 5) is 6.08. The molecule has 7 nitrogen and oxygen atoms in total. The Morgan fingerprint density at radius 1 is 1.13 bits per heavy atom. The summed E-state index contributed by atoms with van der Waals surface area (Å²) < 4.78 is 25.7. The first-order valence-electron chi connectivity index (χ1n) is 9.60. The number of nitrogens with two attached hydrogens (primary N) is 1. The zero-order chi connectivity index (χ0) is 22.3. The van der Waals surface area contributed by atoms with E-state index in [4.69, 9.17) is 15.2 Å². The van der Waals surface area contributed by atoms with Crippen molar-refractivity contribution < 1.29 is 19.0 Å². The highest BCUT2D eigenvalue weighted by Gasteiger charge is 2.53. The predicted octanol–water partition coefficient (Wildman–Crippen LogP) is 3.41. The average Bonchev–Trinajstić information content (AvgIpc) is 2.72. The minimum Gasteiger partial charge on any atom is -0.497 e. The van der Waals surface area contributed by atoms with Crippen LogP contribution in [0.5, 0.6) is 11.5 Å². The Morgan fingerprint density at radius 2 is 1.83 bits per heavy atom. The first-order valence-corrected chi connectivity index (χ1v) is 9.60. The summed E-state index contributed by atoms with van der Waals surface area (Å²) in [6.45, 7) is 5.47. The first-order chi connectivity index (χ1) is 14.0. The second-order valence-electron chi connectivity index (χ2n) is 8.13. The third kappa shape index (κ3) is 3.41. The summed E-state index contributed by atoms with van der Waals surface area (Å²) in [6.07, 6.45) is -0.933. The fourth-order valence-electron chi connectivity index (χ4n) is 3.75. The van der Waals surface area contributed by atoms with Crippen LogP contribution in [0.3, 0.4) is 0 Å². The smallest absolute Gasteiger partial charge is 0.193 e. The molecule has 30 heavy (non-hydrogen) atoms. The summed E-state index contributed by atoms with van der Waals surface area (Å²) in [5.41, 5.74) is 5.80. The fourth-order valence-corrected chi connectivity index (χ4v) is 3.75. The van der Waals surface area contributed by atoms with Crippen molar-refractivity contribution in [3.8, 4) is 11.5 Å². The van der Waals surface area contributed by atoms with E-state index in [1.807, 2.05) is 19.9 Å². The van der Waals surface area contributed by atoms with Crippen molar-refractivity contribution in [1.29, 1.82) is 0 Å². The molecule has 1 aliphatic heterocycles. The van der Waals surface area contributed by atoms with Crippen molar-refractivity contribution in [2.45, 2.75) is 32.5 Å². The van der Waals surface area contributed by atoms with E-state index < -0.39 is 23.0 Å². The Bertz CT molecular complexity index is 979. The van der Waals surface area contributed by atoms with Crippen LogP contribution < -0.4 is 20.5 Å². The maximum absolute atomic E-state index is 15.0. The number of benzene rings is 2. The number of guanidine groups is 1. The van der Waals surface area contributed by atoms with Gasteiger partial charge in [-0.15, -0.1) is 0 Å². The number of rotatable bonds is 5. The highest BCUT2D eigenvalue weighted by molar-refractivity contribution is 5.80. The Morgan fingerprint density at radius 3 is 2.47 bits per heavy atom. The van der Waals surface area contributed by atoms with E-state index in [9.17, 15) is 5.11 Å². The number of nitrogens with zero attached hydrogens (tertiary/aromatic N) is 2. The molecule has 3 rings (SSSR count). The van der Waals surface area contributed by atoms with Crippen LogP contribution >= 0.6 is 0 Å². The van der Waals surface area contributed by atoms with Gasteiger partial charge in [0.05, 0.1) is 25.4 Å². The minimum atomic E-state index is -1.09. The van der Waals surface area contributed by atoms with E-state index in [1.54, 1.807) is 52.5 Å². The molecule has 2 aromatic carbocycles. The molecular formula is C22H29FN4O3. The summed E-state index contributed by atoms with van der Waals surface area (Å²) >= 11 is 0. The van der Waals surface area contributed by atoms with E-state index in [2.05, 4.69) is 10.3 Å². The Balaban J connectivity index is 2.06. The number of ether oxygens (including phenoxy) is 2. The van der Waals surface area contributed by atoms with Crippen molar-refractivity contribution in [1.82, 2.24) is 4.90 Å². The van der Waals surface area contributed by atoms with Crippen LogP contribution in [0.25, 0.3) is 0 Å². The standard InChI is InChI=1S/C22H29FN4O3/c1-21(2)19(28)27(4)20(24)26-22(21,3)15-11-13(7-9-16(15)23)25-17-10-8-14(29-5)12-18(17)30-6/h7-12,19,25,28H,1-6H3,(H2,24,26)/t19-,22?/m0/s1. The number of aliphatic imine (C=N–C) groups is 1. The molecule has 1 aliphatic rings. The van der Waals surface area contributed by atoms with Crippen molar-refractivity contribution >= 4 is 17.3 Å². The van der Waals surface area contributed by atoms with Gasteiger partial charge in [0, 0.05) is 29.8 Å². The quantitative estimate of drug-likeness (QED) is 0.692. The average molecular weight is 416 g/mol. The first kappa shape index (κ1) is 21.7. The summed E-state index contributed by atoms with van der Waals surface area (Å²) in [5, 5.41) is 14.0. The van der Waals surface area contributed by atoms with Gasteiger partial charge >= 0.3 is 0 Å².